The second kappa shape index (κ2) is 7.57. The molecule has 6 rings (SSSR count). The van der Waals surface area contributed by atoms with Gasteiger partial charge in [0.1, 0.15) is 22.1 Å². The number of hydrogen-bond acceptors (Lipinski definition) is 4. The van der Waals surface area contributed by atoms with Gasteiger partial charge in [0.25, 0.3) is 0 Å². The van der Waals surface area contributed by atoms with Gasteiger partial charge in [-0.15, -0.1) is 0 Å². The van der Waals surface area contributed by atoms with E-state index in [9.17, 15) is 0 Å². The summed E-state index contributed by atoms with van der Waals surface area (Å²) >= 11 is 0. The summed E-state index contributed by atoms with van der Waals surface area (Å²) in [6.07, 6.45) is 5.51. The molecule has 3 saturated carbocycles. The first-order valence-corrected chi connectivity index (χ1v) is 19.7. The molecule has 1 saturated heterocycles. The minimum absolute atomic E-state index is 0.176. The molecular weight excluding hydrogens is 441 g/mol. The minimum atomic E-state index is -1.66. The maximum Gasteiger partial charge on any atom is 0.475 e. The quantitative estimate of drug-likeness (QED) is 0.435. The van der Waals surface area contributed by atoms with E-state index in [1.807, 2.05) is 12.3 Å². The maximum absolute atomic E-state index is 7.08. The highest BCUT2D eigenvalue weighted by Gasteiger charge is 2.69. The van der Waals surface area contributed by atoms with Crippen LogP contribution in [0.5, 0.6) is 0 Å². The lowest BCUT2D eigenvalue weighted by atomic mass is 9.43. The molecule has 1 aromatic heterocycles. The SMILES string of the molecule is CC1(C)C2C[C@H]1C[C@H]1OB([C@H](Cc3coc4ccccc34)N([Si](C)(C)C)[Si](C)(C)C)O[C@@]21C. The molecule has 2 bridgehead atoms. The molecule has 0 spiro atoms. The molecule has 3 aliphatic carbocycles. The number of fused-ring (bicyclic) bond motifs is 1. The molecule has 33 heavy (non-hydrogen) atoms. The molecule has 0 radical (unpaired) electrons. The van der Waals surface area contributed by atoms with E-state index in [1.54, 1.807) is 0 Å². The van der Waals surface area contributed by atoms with Crippen molar-refractivity contribution in [3.05, 3.63) is 36.1 Å². The highest BCUT2D eigenvalue weighted by atomic mass is 28.4. The van der Waals surface area contributed by atoms with Crippen LogP contribution in [0.15, 0.2) is 34.9 Å². The smallest absolute Gasteiger partial charge is 0.464 e. The highest BCUT2D eigenvalue weighted by molar-refractivity contribution is 6.90. The number of rotatable bonds is 6. The van der Waals surface area contributed by atoms with Crippen molar-refractivity contribution >= 4 is 34.6 Å². The van der Waals surface area contributed by atoms with Gasteiger partial charge in [-0.25, -0.2) is 0 Å². The van der Waals surface area contributed by atoms with Crippen LogP contribution in [0.1, 0.15) is 39.2 Å². The van der Waals surface area contributed by atoms with Crippen molar-refractivity contribution in [2.45, 2.75) is 97.0 Å². The largest absolute Gasteiger partial charge is 0.475 e. The van der Waals surface area contributed by atoms with Crippen molar-refractivity contribution in [3.8, 4) is 0 Å². The average molecular weight is 484 g/mol. The van der Waals surface area contributed by atoms with Gasteiger partial charge < -0.3 is 18.0 Å². The predicted octanol–water partition coefficient (Wildman–Crippen LogP) is 6.58. The number of hydrogen-bond donors (Lipinski definition) is 0. The highest BCUT2D eigenvalue weighted by Crippen LogP contribution is 2.66. The molecule has 2 aromatic rings. The molecular formula is C26H42BNO3Si2. The van der Waals surface area contributed by atoms with Crippen LogP contribution in [-0.4, -0.2) is 45.5 Å². The van der Waals surface area contributed by atoms with Crippen LogP contribution in [0.4, 0.5) is 0 Å². The van der Waals surface area contributed by atoms with Gasteiger partial charge in [-0.3, -0.25) is 0 Å². The van der Waals surface area contributed by atoms with Gasteiger partial charge in [0.15, 0.2) is 0 Å². The topological polar surface area (TPSA) is 34.8 Å². The van der Waals surface area contributed by atoms with Crippen LogP contribution in [0.25, 0.3) is 11.0 Å². The zero-order valence-corrected chi connectivity index (χ0v) is 24.1. The summed E-state index contributed by atoms with van der Waals surface area (Å²) in [4.78, 5) is 0. The summed E-state index contributed by atoms with van der Waals surface area (Å²) in [6, 6.07) is 8.41. The summed E-state index contributed by atoms with van der Waals surface area (Å²) in [7, 11) is -3.51. The molecule has 5 atom stereocenters. The van der Waals surface area contributed by atoms with Crippen molar-refractivity contribution in [1.82, 2.24) is 4.23 Å². The van der Waals surface area contributed by atoms with Crippen molar-refractivity contribution in [2.24, 2.45) is 17.3 Å². The van der Waals surface area contributed by atoms with Crippen molar-refractivity contribution < 1.29 is 13.7 Å². The Balaban J connectivity index is 1.53. The predicted molar refractivity (Wildman–Crippen MR) is 142 cm³/mol. The van der Waals surface area contributed by atoms with Gasteiger partial charge in [-0.05, 0) is 55.1 Å². The Kier molecular flexibility index (Phi) is 5.47. The van der Waals surface area contributed by atoms with Crippen LogP contribution in [0.2, 0.25) is 39.3 Å². The van der Waals surface area contributed by atoms with E-state index in [-0.39, 0.29) is 24.8 Å². The fraction of sp³-hybridized carbons (Fsp3) is 0.692. The van der Waals surface area contributed by atoms with Crippen molar-refractivity contribution in [1.29, 1.82) is 0 Å². The van der Waals surface area contributed by atoms with Gasteiger partial charge in [0.05, 0.1) is 18.0 Å². The van der Waals surface area contributed by atoms with Gasteiger partial charge in [-0.1, -0.05) is 71.3 Å². The Morgan fingerprint density at radius 1 is 1.03 bits per heavy atom. The molecule has 0 N–H and O–H groups in total. The molecule has 4 aliphatic rings. The average Bonchev–Trinajstić information content (AvgIpc) is 3.25. The number of furan rings is 1. The first-order valence-electron chi connectivity index (χ1n) is 12.8. The third-order valence-electron chi connectivity index (χ3n) is 9.05. The second-order valence-electron chi connectivity index (χ2n) is 13.6. The summed E-state index contributed by atoms with van der Waals surface area (Å²) in [5.74, 6) is 1.55. The van der Waals surface area contributed by atoms with Gasteiger partial charge >= 0.3 is 7.12 Å². The van der Waals surface area contributed by atoms with Crippen LogP contribution < -0.4 is 0 Å². The molecule has 1 aromatic carbocycles. The molecule has 1 aliphatic heterocycles. The van der Waals surface area contributed by atoms with Crippen LogP contribution >= 0.6 is 0 Å². The third kappa shape index (κ3) is 3.73. The van der Waals surface area contributed by atoms with E-state index >= 15 is 0 Å². The summed E-state index contributed by atoms with van der Waals surface area (Å²) in [5.41, 5.74) is 2.42. The number of nitrogens with zero attached hydrogens (tertiary/aromatic N) is 1. The number of benzene rings is 1. The minimum Gasteiger partial charge on any atom is -0.464 e. The fourth-order valence-corrected chi connectivity index (χ4v) is 18.3. The third-order valence-corrected chi connectivity index (χ3v) is 16.6. The molecule has 4 fully saturated rings. The van der Waals surface area contributed by atoms with Crippen LogP contribution in [0.3, 0.4) is 0 Å². The zero-order valence-electron chi connectivity index (χ0n) is 22.1. The lowest BCUT2D eigenvalue weighted by Crippen LogP contribution is -2.68. The first-order chi connectivity index (χ1) is 15.2. The molecule has 180 valence electrons. The number of para-hydroxylation sites is 1. The molecule has 7 heteroatoms. The van der Waals surface area contributed by atoms with E-state index in [0.717, 1.165) is 24.3 Å². The zero-order chi connectivity index (χ0) is 24.0. The fourth-order valence-electron chi connectivity index (χ4n) is 7.79. The first kappa shape index (κ1) is 23.9. The van der Waals surface area contributed by atoms with Gasteiger partial charge in [-0.2, -0.15) is 0 Å². The Hall–Kier alpha value is -0.861. The lowest BCUT2D eigenvalue weighted by molar-refractivity contribution is -0.199. The van der Waals surface area contributed by atoms with Crippen molar-refractivity contribution in [3.63, 3.8) is 0 Å². The maximum atomic E-state index is 7.08. The van der Waals surface area contributed by atoms with Gasteiger partial charge in [0, 0.05) is 11.3 Å². The molecule has 1 unspecified atom stereocenters. The Labute approximate surface area is 202 Å². The Morgan fingerprint density at radius 2 is 1.70 bits per heavy atom. The second-order valence-corrected chi connectivity index (χ2v) is 23.7. The van der Waals surface area contributed by atoms with Crippen LogP contribution in [-0.2, 0) is 15.7 Å². The molecule has 2 heterocycles. The summed E-state index contributed by atoms with van der Waals surface area (Å²) < 4.78 is 22.8. The van der Waals surface area contributed by atoms with E-state index in [0.29, 0.717) is 11.3 Å². The monoisotopic (exact) mass is 483 g/mol. The standard InChI is InChI=1S/C26H42BNO3Si2/c1-25(2)19-15-22(25)26(3)23(16-19)30-27(31-26)24(28(32(4,5)6)33(7,8)9)14-18-17-29-21-13-11-10-12-20(18)21/h10-13,17,19,22-24H,14-16H2,1-9H3/t19-,22?,23+,24-,26-/m0/s1. The van der Waals surface area contributed by atoms with Gasteiger partial charge in [0.2, 0.25) is 0 Å². The van der Waals surface area contributed by atoms with Crippen molar-refractivity contribution in [2.75, 3.05) is 0 Å². The molecule has 4 nitrogen and oxygen atoms in total. The summed E-state index contributed by atoms with van der Waals surface area (Å²) in [5, 5.41) is 1.22. The Bertz CT molecular complexity index is 1030. The Morgan fingerprint density at radius 3 is 2.33 bits per heavy atom. The van der Waals surface area contributed by atoms with E-state index in [4.69, 9.17) is 13.7 Å². The molecule has 0 amide bonds. The normalized spacial score (nSPS) is 32.2. The van der Waals surface area contributed by atoms with E-state index in [1.165, 1.54) is 17.4 Å². The lowest BCUT2D eigenvalue weighted by Gasteiger charge is -2.64. The summed E-state index contributed by atoms with van der Waals surface area (Å²) in [6.45, 7) is 22.1. The van der Waals surface area contributed by atoms with Crippen LogP contribution in [0, 0.1) is 17.3 Å². The van der Waals surface area contributed by atoms with E-state index < -0.39 is 16.5 Å². The van der Waals surface area contributed by atoms with E-state index in [2.05, 4.69) is 82.5 Å².